The number of hydrogen-bond donors (Lipinski definition) is 0. The molecule has 0 atom stereocenters. The van der Waals surface area contributed by atoms with Crippen molar-refractivity contribution in [2.45, 2.75) is 25.1 Å². The first-order valence-corrected chi connectivity index (χ1v) is 5.80. The van der Waals surface area contributed by atoms with Crippen molar-refractivity contribution in [2.24, 2.45) is 0 Å². The predicted molar refractivity (Wildman–Crippen MR) is 64.5 cm³/mol. The van der Waals surface area contributed by atoms with Crippen molar-refractivity contribution in [2.75, 3.05) is 7.05 Å². The molecule has 0 aromatic heterocycles. The quantitative estimate of drug-likeness (QED) is 0.754. The monoisotopic (exact) mass is 267 g/mol. The minimum atomic E-state index is -4.56. The zero-order valence-corrected chi connectivity index (χ0v) is 10.3. The molecule has 5 heteroatoms. The van der Waals surface area contributed by atoms with E-state index in [9.17, 15) is 18.0 Å². The fourth-order valence-electron chi connectivity index (χ4n) is 1.94. The summed E-state index contributed by atoms with van der Waals surface area (Å²) in [5, 5.41) is 0. The molecular weight excluding hydrogens is 255 g/mol. The molecule has 0 unspecified atom stereocenters. The molecule has 0 heterocycles. The Kier molecular flexibility index (Phi) is 3.27. The largest absolute Gasteiger partial charge is 0.417 e. The number of carbonyl (C=O) groups excluding carboxylic acids is 1. The van der Waals surface area contributed by atoms with E-state index in [0.717, 1.165) is 18.9 Å². The zero-order chi connectivity index (χ0) is 14.2. The van der Waals surface area contributed by atoms with Crippen LogP contribution in [0.5, 0.6) is 0 Å². The molecule has 0 N–H and O–H groups in total. The van der Waals surface area contributed by atoms with Crippen molar-refractivity contribution >= 4 is 5.91 Å². The lowest BCUT2D eigenvalue weighted by Crippen LogP contribution is -2.30. The van der Waals surface area contributed by atoms with Crippen molar-refractivity contribution in [1.82, 2.24) is 4.90 Å². The molecule has 1 amide bonds. The SMILES string of the molecule is C#Cc1c(C(=O)N(C)C2CC2)cccc1C(F)(F)F. The van der Waals surface area contributed by atoms with E-state index in [1.165, 1.54) is 17.0 Å². The summed E-state index contributed by atoms with van der Waals surface area (Å²) in [4.78, 5) is 13.6. The normalized spacial score (nSPS) is 14.9. The molecule has 1 aliphatic carbocycles. The predicted octanol–water partition coefficient (Wildman–Crippen LogP) is 2.92. The maximum absolute atomic E-state index is 12.8. The molecule has 0 bridgehead atoms. The van der Waals surface area contributed by atoms with Gasteiger partial charge in [0.1, 0.15) is 0 Å². The first-order chi connectivity index (χ1) is 8.86. The van der Waals surface area contributed by atoms with E-state index in [0.29, 0.717) is 0 Å². The Bertz CT molecular complexity index is 553. The minimum Gasteiger partial charge on any atom is -0.339 e. The van der Waals surface area contributed by atoms with Gasteiger partial charge >= 0.3 is 6.18 Å². The average molecular weight is 267 g/mol. The van der Waals surface area contributed by atoms with Crippen LogP contribution in [0, 0.1) is 12.3 Å². The zero-order valence-electron chi connectivity index (χ0n) is 10.3. The molecule has 1 fully saturated rings. The topological polar surface area (TPSA) is 20.3 Å². The first kappa shape index (κ1) is 13.5. The Morgan fingerprint density at radius 3 is 2.53 bits per heavy atom. The summed E-state index contributed by atoms with van der Waals surface area (Å²) in [6.45, 7) is 0. The van der Waals surface area contributed by atoms with E-state index < -0.39 is 17.6 Å². The maximum atomic E-state index is 12.8. The summed E-state index contributed by atoms with van der Waals surface area (Å²) < 4.78 is 38.5. The summed E-state index contributed by atoms with van der Waals surface area (Å²) >= 11 is 0. The van der Waals surface area contributed by atoms with Crippen LogP contribution in [0.4, 0.5) is 13.2 Å². The van der Waals surface area contributed by atoms with Crippen LogP contribution in [0.1, 0.15) is 34.3 Å². The number of rotatable bonds is 2. The standard InChI is InChI=1S/C14H12F3NO/c1-3-10-11(13(19)18(2)9-7-8-9)5-4-6-12(10)14(15,16)17/h1,4-6,9H,7-8H2,2H3. The van der Waals surface area contributed by atoms with Gasteiger partial charge in [-0.1, -0.05) is 12.0 Å². The number of benzene rings is 1. The summed E-state index contributed by atoms with van der Waals surface area (Å²) in [5.41, 5.74) is -1.38. The van der Waals surface area contributed by atoms with Gasteiger partial charge in [-0.15, -0.1) is 6.42 Å². The van der Waals surface area contributed by atoms with Gasteiger partial charge < -0.3 is 4.90 Å². The third kappa shape index (κ3) is 2.58. The molecule has 2 rings (SSSR count). The molecule has 0 spiro atoms. The molecule has 2 nitrogen and oxygen atoms in total. The van der Waals surface area contributed by atoms with E-state index in [1.54, 1.807) is 7.05 Å². The average Bonchev–Trinajstić information content (AvgIpc) is 3.19. The molecular formula is C14H12F3NO. The fraction of sp³-hybridized carbons (Fsp3) is 0.357. The van der Waals surface area contributed by atoms with Gasteiger partial charge in [0.25, 0.3) is 5.91 Å². The first-order valence-electron chi connectivity index (χ1n) is 5.80. The Hall–Kier alpha value is -1.96. The van der Waals surface area contributed by atoms with Crippen LogP contribution < -0.4 is 0 Å². The fourth-order valence-corrected chi connectivity index (χ4v) is 1.94. The number of halogens is 3. The van der Waals surface area contributed by atoms with Crippen molar-refractivity contribution in [3.8, 4) is 12.3 Å². The number of carbonyl (C=O) groups is 1. The lowest BCUT2D eigenvalue weighted by atomic mass is 10.00. The highest BCUT2D eigenvalue weighted by Crippen LogP contribution is 2.34. The second kappa shape index (κ2) is 4.61. The Morgan fingerprint density at radius 2 is 2.05 bits per heavy atom. The van der Waals surface area contributed by atoms with Gasteiger partial charge in [-0.3, -0.25) is 4.79 Å². The Labute approximate surface area is 109 Å². The molecule has 1 aromatic carbocycles. The summed E-state index contributed by atoms with van der Waals surface area (Å²) in [6.07, 6.45) is 2.36. The second-order valence-corrected chi connectivity index (χ2v) is 4.52. The van der Waals surface area contributed by atoms with Gasteiger partial charge in [0.15, 0.2) is 0 Å². The van der Waals surface area contributed by atoms with Crippen LogP contribution in [0.25, 0.3) is 0 Å². The highest BCUT2D eigenvalue weighted by molar-refractivity contribution is 5.97. The third-order valence-corrected chi connectivity index (χ3v) is 3.16. The van der Waals surface area contributed by atoms with Crippen LogP contribution >= 0.6 is 0 Å². The van der Waals surface area contributed by atoms with Gasteiger partial charge in [-0.2, -0.15) is 13.2 Å². The van der Waals surface area contributed by atoms with Gasteiger partial charge in [-0.05, 0) is 25.0 Å². The van der Waals surface area contributed by atoms with Crippen LogP contribution in [0.15, 0.2) is 18.2 Å². The van der Waals surface area contributed by atoms with Crippen molar-refractivity contribution in [3.05, 3.63) is 34.9 Å². The van der Waals surface area contributed by atoms with Crippen LogP contribution in [0.2, 0.25) is 0 Å². The lowest BCUT2D eigenvalue weighted by Gasteiger charge is -2.19. The molecule has 1 aromatic rings. The lowest BCUT2D eigenvalue weighted by molar-refractivity contribution is -0.137. The number of terminal acetylenes is 1. The highest BCUT2D eigenvalue weighted by atomic mass is 19.4. The molecule has 0 aliphatic heterocycles. The molecule has 1 saturated carbocycles. The molecule has 0 saturated heterocycles. The molecule has 1 aliphatic rings. The second-order valence-electron chi connectivity index (χ2n) is 4.52. The summed E-state index contributed by atoms with van der Waals surface area (Å²) in [5.74, 6) is 1.54. The van der Waals surface area contributed by atoms with Gasteiger partial charge in [0.05, 0.1) is 11.1 Å². The number of hydrogen-bond acceptors (Lipinski definition) is 1. The molecule has 0 radical (unpaired) electrons. The van der Waals surface area contributed by atoms with E-state index in [2.05, 4.69) is 0 Å². The van der Waals surface area contributed by atoms with E-state index >= 15 is 0 Å². The van der Waals surface area contributed by atoms with Gasteiger partial charge in [0, 0.05) is 18.7 Å². The number of alkyl halides is 3. The number of nitrogens with zero attached hydrogens (tertiary/aromatic N) is 1. The van der Waals surface area contributed by atoms with Gasteiger partial charge in [-0.25, -0.2) is 0 Å². The van der Waals surface area contributed by atoms with Gasteiger partial charge in [0.2, 0.25) is 0 Å². The van der Waals surface area contributed by atoms with Crippen LogP contribution in [-0.4, -0.2) is 23.9 Å². The molecule has 19 heavy (non-hydrogen) atoms. The summed E-state index contributed by atoms with van der Waals surface area (Å²) in [7, 11) is 1.58. The number of amides is 1. The smallest absolute Gasteiger partial charge is 0.339 e. The van der Waals surface area contributed by atoms with Crippen molar-refractivity contribution in [1.29, 1.82) is 0 Å². The molecule has 100 valence electrons. The van der Waals surface area contributed by atoms with E-state index in [1.807, 2.05) is 5.92 Å². The highest BCUT2D eigenvalue weighted by Gasteiger charge is 2.36. The summed E-state index contributed by atoms with van der Waals surface area (Å²) in [6, 6.07) is 3.56. The van der Waals surface area contributed by atoms with Crippen molar-refractivity contribution in [3.63, 3.8) is 0 Å². The third-order valence-electron chi connectivity index (χ3n) is 3.16. The van der Waals surface area contributed by atoms with E-state index in [-0.39, 0.29) is 17.2 Å². The van der Waals surface area contributed by atoms with Crippen LogP contribution in [0.3, 0.4) is 0 Å². The van der Waals surface area contributed by atoms with E-state index in [4.69, 9.17) is 6.42 Å². The maximum Gasteiger partial charge on any atom is 0.417 e. The Balaban J connectivity index is 2.46. The van der Waals surface area contributed by atoms with Crippen molar-refractivity contribution < 1.29 is 18.0 Å². The van der Waals surface area contributed by atoms with Crippen LogP contribution in [-0.2, 0) is 6.18 Å². The minimum absolute atomic E-state index is 0.0632. The Morgan fingerprint density at radius 1 is 1.42 bits per heavy atom.